The van der Waals surface area contributed by atoms with Crippen molar-refractivity contribution in [2.24, 2.45) is 0 Å². The van der Waals surface area contributed by atoms with Crippen molar-refractivity contribution >= 4 is 19.9 Å². The van der Waals surface area contributed by atoms with Crippen LogP contribution in [0.3, 0.4) is 0 Å². The monoisotopic (exact) mass is 373 g/mol. The first-order chi connectivity index (χ1) is 11.7. The van der Waals surface area contributed by atoms with E-state index in [4.69, 9.17) is 5.26 Å². The molecule has 0 heterocycles. The van der Waals surface area contributed by atoms with E-state index >= 15 is 0 Å². The zero-order valence-corrected chi connectivity index (χ0v) is 18.8. The molecule has 0 N–H and O–H groups in total. The smallest absolute Gasteiger partial charge is 0.0594 e. The van der Waals surface area contributed by atoms with Gasteiger partial charge in [0.15, 0.2) is 0 Å². The van der Waals surface area contributed by atoms with Crippen molar-refractivity contribution in [3.63, 3.8) is 0 Å². The molecule has 0 aliphatic heterocycles. The lowest BCUT2D eigenvalue weighted by Gasteiger charge is -2.28. The minimum absolute atomic E-state index is 0.601. The number of nitriles is 1. The van der Waals surface area contributed by atoms with Crippen LogP contribution in [0.4, 0.5) is 0 Å². The molecule has 0 saturated carbocycles. The van der Waals surface area contributed by atoms with Crippen LogP contribution >= 0.6 is 7.26 Å². The number of hydrogen-bond donors (Lipinski definition) is 0. The number of nitrogens with zero attached hydrogens (tertiary/aromatic N) is 1. The standard InChI is InChI=1S/C20H44P.CHNS/c1-5-9-13-14-15-16-20-21(17-10-6-2,18-11-7-3)19-12-8-4;2-1-3/h5-20H2,1-4H3;3H/q+1;/p-1. The summed E-state index contributed by atoms with van der Waals surface area (Å²) in [6, 6.07) is 0. The van der Waals surface area contributed by atoms with Crippen molar-refractivity contribution in [1.82, 2.24) is 0 Å². The van der Waals surface area contributed by atoms with Gasteiger partial charge < -0.3 is 12.6 Å². The molecule has 0 amide bonds. The molecule has 0 aliphatic rings. The first kappa shape index (κ1) is 26.4. The predicted octanol–water partition coefficient (Wildman–Crippen LogP) is 7.78. The Morgan fingerprint density at radius 3 is 1.25 bits per heavy atom. The Labute approximate surface area is 160 Å². The third-order valence-electron chi connectivity index (χ3n) is 4.94. The maximum Gasteiger partial charge on any atom is 0.0594 e. The summed E-state index contributed by atoms with van der Waals surface area (Å²) in [6.07, 6.45) is 24.0. The van der Waals surface area contributed by atoms with E-state index in [1.165, 1.54) is 82.5 Å². The molecule has 0 aromatic rings. The summed E-state index contributed by atoms with van der Waals surface area (Å²) in [4.78, 5) is 0. The molecule has 0 aromatic heterocycles. The lowest BCUT2D eigenvalue weighted by Crippen LogP contribution is -2.13. The molecule has 0 spiro atoms. The largest absolute Gasteiger partial charge is 0.696 e. The van der Waals surface area contributed by atoms with E-state index in [2.05, 4.69) is 40.3 Å². The third kappa shape index (κ3) is 17.0. The van der Waals surface area contributed by atoms with E-state index in [0.717, 1.165) is 0 Å². The van der Waals surface area contributed by atoms with Crippen LogP contribution in [0.2, 0.25) is 0 Å². The molecule has 0 saturated heterocycles. The van der Waals surface area contributed by atoms with Gasteiger partial charge in [0.2, 0.25) is 0 Å². The highest BCUT2D eigenvalue weighted by Gasteiger charge is 2.34. The Kier molecular flexibility index (Phi) is 23.3. The number of unbranched alkanes of at least 4 members (excludes halogenated alkanes) is 8. The highest BCUT2D eigenvalue weighted by molar-refractivity contribution is 7.75. The van der Waals surface area contributed by atoms with Crippen LogP contribution in [-0.2, 0) is 12.6 Å². The zero-order valence-electron chi connectivity index (χ0n) is 17.1. The molecule has 0 bridgehead atoms. The van der Waals surface area contributed by atoms with Crippen molar-refractivity contribution in [3.05, 3.63) is 0 Å². The average Bonchev–Trinajstić information content (AvgIpc) is 2.59. The summed E-state index contributed by atoms with van der Waals surface area (Å²) in [5, 5.41) is 8.47. The van der Waals surface area contributed by atoms with Crippen LogP contribution in [-0.4, -0.2) is 24.6 Å². The first-order valence-corrected chi connectivity index (χ1v) is 13.5. The SMILES string of the molecule is CCCCCCCC[P+](CCCC)(CCCC)CCCC.N#C[S-]. The Morgan fingerprint density at radius 2 is 0.875 bits per heavy atom. The van der Waals surface area contributed by atoms with E-state index in [0.29, 0.717) is 0 Å². The van der Waals surface area contributed by atoms with Crippen molar-refractivity contribution < 1.29 is 0 Å². The van der Waals surface area contributed by atoms with Crippen LogP contribution in [0, 0.1) is 10.7 Å². The summed E-state index contributed by atoms with van der Waals surface area (Å²) in [5.41, 5.74) is 0. The number of hydrogen-bond acceptors (Lipinski definition) is 2. The van der Waals surface area contributed by atoms with Crippen LogP contribution < -0.4 is 0 Å². The molecular weight excluding hydrogens is 329 g/mol. The molecule has 0 atom stereocenters. The molecule has 0 rings (SSSR count). The predicted molar refractivity (Wildman–Crippen MR) is 117 cm³/mol. The fourth-order valence-electron chi connectivity index (χ4n) is 3.38. The second kappa shape index (κ2) is 21.2. The molecule has 1 nitrogen and oxygen atoms in total. The Bertz CT molecular complexity index is 254. The van der Waals surface area contributed by atoms with E-state index < -0.39 is 7.26 Å². The van der Waals surface area contributed by atoms with Gasteiger partial charge in [-0.15, -0.1) is 0 Å². The Balaban J connectivity index is 0. The molecule has 0 aromatic carbocycles. The fraction of sp³-hybridized carbons (Fsp3) is 0.952. The lowest BCUT2D eigenvalue weighted by molar-refractivity contribution is 0.624. The van der Waals surface area contributed by atoms with Gasteiger partial charge in [0.1, 0.15) is 0 Å². The van der Waals surface area contributed by atoms with Gasteiger partial charge in [-0.25, -0.2) is 5.26 Å². The highest BCUT2D eigenvalue weighted by atomic mass is 32.1. The highest BCUT2D eigenvalue weighted by Crippen LogP contribution is 2.61. The molecule has 3 heteroatoms. The number of rotatable bonds is 16. The maximum absolute atomic E-state index is 7.13. The minimum Gasteiger partial charge on any atom is -0.696 e. The minimum atomic E-state index is -0.601. The van der Waals surface area contributed by atoms with E-state index in [-0.39, 0.29) is 0 Å². The average molecular weight is 374 g/mol. The van der Waals surface area contributed by atoms with E-state index in [9.17, 15) is 0 Å². The molecular formula is C21H44NPS. The van der Waals surface area contributed by atoms with Crippen LogP contribution in [0.1, 0.15) is 105 Å². The van der Waals surface area contributed by atoms with Crippen molar-refractivity contribution in [2.75, 3.05) is 24.6 Å². The van der Waals surface area contributed by atoms with Gasteiger partial charge in [-0.05, 0) is 32.1 Å². The molecule has 0 unspecified atom stereocenters. The van der Waals surface area contributed by atoms with Crippen molar-refractivity contribution in [1.29, 1.82) is 5.26 Å². The second-order valence-electron chi connectivity index (χ2n) is 7.16. The van der Waals surface area contributed by atoms with Gasteiger partial charge in [0.25, 0.3) is 0 Å². The maximum atomic E-state index is 7.13. The first-order valence-electron chi connectivity index (χ1n) is 10.5. The van der Waals surface area contributed by atoms with Gasteiger partial charge in [0, 0.05) is 7.26 Å². The lowest BCUT2D eigenvalue weighted by atomic mass is 10.1. The van der Waals surface area contributed by atoms with Gasteiger partial charge >= 0.3 is 0 Å². The number of thiocyanates is 1. The Hall–Kier alpha value is 0.140. The topological polar surface area (TPSA) is 23.8 Å². The van der Waals surface area contributed by atoms with Crippen LogP contribution in [0.5, 0.6) is 0 Å². The second-order valence-corrected chi connectivity index (χ2v) is 11.8. The molecule has 0 aliphatic carbocycles. The summed E-state index contributed by atoms with van der Waals surface area (Å²) in [6.45, 7) is 9.44. The summed E-state index contributed by atoms with van der Waals surface area (Å²) in [7, 11) is -0.601. The molecule has 24 heavy (non-hydrogen) atoms. The van der Waals surface area contributed by atoms with Crippen molar-refractivity contribution in [3.8, 4) is 5.40 Å². The Morgan fingerprint density at radius 1 is 0.583 bits per heavy atom. The molecule has 0 fully saturated rings. The zero-order chi connectivity index (χ0) is 18.5. The van der Waals surface area contributed by atoms with Crippen LogP contribution in [0.15, 0.2) is 0 Å². The summed E-state index contributed by atoms with van der Waals surface area (Å²) in [5.74, 6) is 0. The third-order valence-corrected chi connectivity index (χ3v) is 10.0. The van der Waals surface area contributed by atoms with E-state index in [1.807, 2.05) is 0 Å². The fourth-order valence-corrected chi connectivity index (χ4v) is 8.58. The van der Waals surface area contributed by atoms with Gasteiger partial charge in [0.05, 0.1) is 24.6 Å². The summed E-state index contributed by atoms with van der Waals surface area (Å²) < 4.78 is 0. The van der Waals surface area contributed by atoms with E-state index in [1.54, 1.807) is 24.6 Å². The van der Waals surface area contributed by atoms with Crippen LogP contribution in [0.25, 0.3) is 0 Å². The summed E-state index contributed by atoms with van der Waals surface area (Å²) >= 11 is 3.70. The van der Waals surface area contributed by atoms with Gasteiger partial charge in [-0.3, -0.25) is 0 Å². The quantitative estimate of drug-likeness (QED) is 0.119. The van der Waals surface area contributed by atoms with Crippen molar-refractivity contribution in [2.45, 2.75) is 105 Å². The van der Waals surface area contributed by atoms with Gasteiger partial charge in [-0.2, -0.15) is 0 Å². The molecule has 144 valence electrons. The van der Waals surface area contributed by atoms with Gasteiger partial charge in [-0.1, -0.05) is 78.0 Å². The normalized spacial score (nSPS) is 10.8. The molecule has 0 radical (unpaired) electrons.